The normalized spacial score (nSPS) is 19.9. The number of carbonyl (C=O) groups is 1. The minimum atomic E-state index is -4.77. The van der Waals surface area contributed by atoms with E-state index in [-0.39, 0.29) is 11.1 Å². The molecule has 2 N–H and O–H groups in total. The maximum atomic E-state index is 13.2. The highest BCUT2D eigenvalue weighted by Gasteiger charge is 2.50. The van der Waals surface area contributed by atoms with E-state index in [1.54, 1.807) is 12.1 Å². The van der Waals surface area contributed by atoms with Crippen LogP contribution in [0.2, 0.25) is 5.02 Å². The number of amides is 1. The van der Waals surface area contributed by atoms with Crippen molar-refractivity contribution in [2.24, 2.45) is 0 Å². The summed E-state index contributed by atoms with van der Waals surface area (Å²) < 4.78 is 40.1. The first kappa shape index (κ1) is 18.8. The number of nitrogens with zero attached hydrogens (tertiary/aromatic N) is 1. The van der Waals surface area contributed by atoms with Crippen molar-refractivity contribution in [3.05, 3.63) is 80.9 Å². The van der Waals surface area contributed by atoms with E-state index in [9.17, 15) is 23.1 Å². The van der Waals surface area contributed by atoms with Crippen molar-refractivity contribution in [3.8, 4) is 0 Å². The number of nitrogens with one attached hydrogen (secondary N) is 1. The summed E-state index contributed by atoms with van der Waals surface area (Å²) in [6.07, 6.45) is -4.21. The van der Waals surface area contributed by atoms with Crippen LogP contribution in [0, 0.1) is 0 Å². The lowest BCUT2D eigenvalue weighted by Gasteiger charge is -2.33. The van der Waals surface area contributed by atoms with Gasteiger partial charge in [0.2, 0.25) is 5.72 Å². The first-order valence-electron chi connectivity index (χ1n) is 7.26. The van der Waals surface area contributed by atoms with Crippen LogP contribution in [0.1, 0.15) is 15.9 Å². The number of rotatable bonds is 2. The van der Waals surface area contributed by atoms with E-state index in [0.717, 1.165) is 0 Å². The van der Waals surface area contributed by atoms with Crippen LogP contribution in [0.5, 0.6) is 0 Å². The average Bonchev–Trinajstić information content (AvgIpc) is 2.94. The third-order valence-corrected chi connectivity index (χ3v) is 4.51. The fraction of sp³-hybridized carbons (Fsp3) is 0.118. The monoisotopic (exact) mass is 446 g/mol. The Hall–Kier alpha value is -2.03. The summed E-state index contributed by atoms with van der Waals surface area (Å²) >= 11 is 9.00. The molecule has 0 unspecified atom stereocenters. The number of hydrogen-bond donors (Lipinski definition) is 2. The third kappa shape index (κ3) is 3.44. The molecule has 0 aliphatic carbocycles. The van der Waals surface area contributed by atoms with Gasteiger partial charge in [-0.05, 0) is 30.3 Å². The fourth-order valence-electron chi connectivity index (χ4n) is 2.51. The number of hydrazine groups is 1. The minimum absolute atomic E-state index is 0.0528. The van der Waals surface area contributed by atoms with Crippen molar-refractivity contribution in [1.29, 1.82) is 0 Å². The summed E-state index contributed by atoms with van der Waals surface area (Å²) in [5.41, 5.74) is -1.46. The lowest BCUT2D eigenvalue weighted by atomic mass is 10.0. The van der Waals surface area contributed by atoms with E-state index in [1.807, 2.05) is 5.43 Å². The highest BCUT2D eigenvalue weighted by Crippen LogP contribution is 2.38. The molecule has 1 atom stereocenters. The van der Waals surface area contributed by atoms with Gasteiger partial charge in [0, 0.05) is 26.7 Å². The Kier molecular flexibility index (Phi) is 4.76. The molecule has 0 radical (unpaired) electrons. The molecular weight excluding hydrogens is 437 g/mol. The van der Waals surface area contributed by atoms with Crippen LogP contribution in [-0.4, -0.2) is 22.2 Å². The quantitative estimate of drug-likeness (QED) is 0.720. The molecule has 1 aliphatic heterocycles. The van der Waals surface area contributed by atoms with Gasteiger partial charge >= 0.3 is 6.18 Å². The van der Waals surface area contributed by atoms with E-state index < -0.39 is 23.5 Å². The second kappa shape index (κ2) is 6.61. The summed E-state index contributed by atoms with van der Waals surface area (Å²) in [5.74, 6) is -0.834. The molecule has 0 aromatic heterocycles. The SMILES string of the molecule is O=C(c1cccc(Br)c1)N1NC(C(F)(F)F)=C[C@@]1(O)c1ccc(Cl)cc1. The van der Waals surface area contributed by atoms with Gasteiger partial charge in [-0.15, -0.1) is 0 Å². The number of alkyl halides is 3. The van der Waals surface area contributed by atoms with Crippen LogP contribution < -0.4 is 5.43 Å². The molecule has 4 nitrogen and oxygen atoms in total. The van der Waals surface area contributed by atoms with Crippen LogP contribution in [0.15, 0.2) is 64.8 Å². The molecule has 3 rings (SSSR count). The lowest BCUT2D eigenvalue weighted by molar-refractivity contribution is -0.104. The molecule has 0 fully saturated rings. The van der Waals surface area contributed by atoms with Crippen molar-refractivity contribution >= 4 is 33.4 Å². The van der Waals surface area contributed by atoms with Gasteiger partial charge in [-0.3, -0.25) is 10.2 Å². The Balaban J connectivity index is 2.08. The molecule has 2 aromatic rings. The van der Waals surface area contributed by atoms with E-state index in [1.165, 1.54) is 36.4 Å². The zero-order valence-electron chi connectivity index (χ0n) is 12.9. The Morgan fingerprint density at radius 3 is 2.42 bits per heavy atom. The zero-order valence-corrected chi connectivity index (χ0v) is 15.2. The van der Waals surface area contributed by atoms with Gasteiger partial charge in [0.25, 0.3) is 5.91 Å². The molecule has 1 heterocycles. The lowest BCUT2D eigenvalue weighted by Crippen LogP contribution is -2.51. The first-order chi connectivity index (χ1) is 12.1. The fourth-order valence-corrected chi connectivity index (χ4v) is 3.04. The van der Waals surface area contributed by atoms with Gasteiger partial charge in [-0.2, -0.15) is 13.2 Å². The molecule has 26 heavy (non-hydrogen) atoms. The Bertz CT molecular complexity index is 886. The molecule has 0 bridgehead atoms. The van der Waals surface area contributed by atoms with Crippen molar-refractivity contribution in [1.82, 2.24) is 10.4 Å². The Labute approximate surface area is 160 Å². The maximum Gasteiger partial charge on any atom is 0.432 e. The number of allylic oxidation sites excluding steroid dienone is 1. The topological polar surface area (TPSA) is 52.6 Å². The van der Waals surface area contributed by atoms with Gasteiger partial charge in [-0.1, -0.05) is 45.7 Å². The van der Waals surface area contributed by atoms with Gasteiger partial charge < -0.3 is 5.11 Å². The largest absolute Gasteiger partial charge is 0.432 e. The summed E-state index contributed by atoms with van der Waals surface area (Å²) in [7, 11) is 0. The summed E-state index contributed by atoms with van der Waals surface area (Å²) in [6.45, 7) is 0. The van der Waals surface area contributed by atoms with Crippen LogP contribution in [-0.2, 0) is 5.72 Å². The molecule has 0 saturated heterocycles. The van der Waals surface area contributed by atoms with Crippen LogP contribution in [0.25, 0.3) is 0 Å². The summed E-state index contributed by atoms with van der Waals surface area (Å²) in [6, 6.07) is 11.6. The minimum Gasteiger partial charge on any atom is -0.362 e. The molecule has 2 aromatic carbocycles. The number of halogens is 5. The Morgan fingerprint density at radius 2 is 1.85 bits per heavy atom. The van der Waals surface area contributed by atoms with E-state index >= 15 is 0 Å². The van der Waals surface area contributed by atoms with Crippen LogP contribution in [0.3, 0.4) is 0 Å². The van der Waals surface area contributed by atoms with Gasteiger partial charge in [0.15, 0.2) is 0 Å². The summed E-state index contributed by atoms with van der Waals surface area (Å²) in [5, 5.41) is 11.8. The number of carbonyl (C=O) groups excluding carboxylic acids is 1. The van der Waals surface area contributed by atoms with E-state index in [2.05, 4.69) is 15.9 Å². The third-order valence-electron chi connectivity index (χ3n) is 3.77. The van der Waals surface area contributed by atoms with Crippen molar-refractivity contribution < 1.29 is 23.1 Å². The predicted molar refractivity (Wildman–Crippen MR) is 92.9 cm³/mol. The van der Waals surface area contributed by atoms with Crippen LogP contribution >= 0.6 is 27.5 Å². The molecule has 1 amide bonds. The predicted octanol–water partition coefficient (Wildman–Crippen LogP) is 4.35. The number of aliphatic hydroxyl groups is 1. The zero-order chi connectivity index (χ0) is 19.1. The maximum absolute atomic E-state index is 13.2. The van der Waals surface area contributed by atoms with Gasteiger partial charge in [-0.25, -0.2) is 5.01 Å². The molecule has 0 spiro atoms. The number of hydrogen-bond acceptors (Lipinski definition) is 3. The van der Waals surface area contributed by atoms with Gasteiger partial charge in [0.1, 0.15) is 5.70 Å². The Morgan fingerprint density at radius 1 is 1.19 bits per heavy atom. The summed E-state index contributed by atoms with van der Waals surface area (Å²) in [4.78, 5) is 12.8. The second-order valence-corrected chi connectivity index (χ2v) is 6.90. The highest BCUT2D eigenvalue weighted by molar-refractivity contribution is 9.10. The highest BCUT2D eigenvalue weighted by atomic mass is 79.9. The van der Waals surface area contributed by atoms with E-state index in [0.29, 0.717) is 20.6 Å². The second-order valence-electron chi connectivity index (χ2n) is 5.55. The van der Waals surface area contributed by atoms with Crippen molar-refractivity contribution in [3.63, 3.8) is 0 Å². The molecule has 1 aliphatic rings. The van der Waals surface area contributed by atoms with E-state index in [4.69, 9.17) is 11.6 Å². The molecule has 9 heteroatoms. The number of benzene rings is 2. The first-order valence-corrected chi connectivity index (χ1v) is 8.43. The average molecular weight is 448 g/mol. The standard InChI is InChI=1S/C17H11BrClF3N2O2/c18-12-3-1-2-10(8-12)15(25)24-16(26,9-14(23-24)17(20,21)22)11-4-6-13(19)7-5-11/h1-9,23,26H/t16-/m1/s1. The van der Waals surface area contributed by atoms with Gasteiger partial charge in [0.05, 0.1) is 0 Å². The van der Waals surface area contributed by atoms with Crippen molar-refractivity contribution in [2.45, 2.75) is 11.9 Å². The van der Waals surface area contributed by atoms with Crippen LogP contribution in [0.4, 0.5) is 13.2 Å². The molecular formula is C17H11BrClF3N2O2. The van der Waals surface area contributed by atoms with Crippen molar-refractivity contribution in [2.75, 3.05) is 0 Å². The smallest absolute Gasteiger partial charge is 0.362 e. The molecule has 0 saturated carbocycles. The molecule has 136 valence electrons.